The molecule has 0 saturated carbocycles. The number of rotatable bonds is 8. The molecule has 7 nitrogen and oxygen atoms in total. The Bertz CT molecular complexity index is 896. The summed E-state index contributed by atoms with van der Waals surface area (Å²) in [5.74, 6) is 0.636. The van der Waals surface area contributed by atoms with Crippen LogP contribution in [0.15, 0.2) is 34.5 Å². The first-order valence-corrected chi connectivity index (χ1v) is 11.0. The summed E-state index contributed by atoms with van der Waals surface area (Å²) in [5, 5.41) is 0.402. The number of amides is 1. The number of hydrogen-bond acceptors (Lipinski definition) is 7. The van der Waals surface area contributed by atoms with Gasteiger partial charge in [0.2, 0.25) is 5.91 Å². The van der Waals surface area contributed by atoms with Crippen LogP contribution in [0.2, 0.25) is 0 Å². The van der Waals surface area contributed by atoms with Crippen LogP contribution in [-0.4, -0.2) is 48.0 Å². The fourth-order valence-electron chi connectivity index (χ4n) is 3.58. The summed E-state index contributed by atoms with van der Waals surface area (Å²) in [5.41, 5.74) is 1.65. The van der Waals surface area contributed by atoms with E-state index in [1.807, 2.05) is 25.1 Å². The van der Waals surface area contributed by atoms with Gasteiger partial charge < -0.3 is 14.2 Å². The summed E-state index contributed by atoms with van der Waals surface area (Å²) >= 11 is 1.44. The molecule has 0 N–H and O–H groups in total. The Labute approximate surface area is 181 Å². The third-order valence-corrected chi connectivity index (χ3v) is 6.50. The van der Waals surface area contributed by atoms with Gasteiger partial charge >= 0.3 is 5.97 Å². The second-order valence-electron chi connectivity index (χ2n) is 7.12. The number of carbonyl (C=O) groups is 2. The zero-order valence-electron chi connectivity index (χ0n) is 18.1. The predicted octanol–water partition coefficient (Wildman–Crippen LogP) is 4.09. The van der Waals surface area contributed by atoms with Crippen LogP contribution in [0.5, 0.6) is 11.5 Å². The van der Waals surface area contributed by atoms with Gasteiger partial charge in [0.15, 0.2) is 16.7 Å². The van der Waals surface area contributed by atoms with Crippen molar-refractivity contribution in [1.29, 1.82) is 0 Å². The third kappa shape index (κ3) is 4.05. The minimum atomic E-state index is -0.625. The summed E-state index contributed by atoms with van der Waals surface area (Å²) in [4.78, 5) is 31.9. The van der Waals surface area contributed by atoms with Gasteiger partial charge in [-0.1, -0.05) is 38.1 Å². The van der Waals surface area contributed by atoms with Crippen molar-refractivity contribution in [2.24, 2.45) is 4.99 Å². The number of carbonyl (C=O) groups excluding carboxylic acids is 2. The average Bonchev–Trinajstić information content (AvgIpc) is 3.07. The van der Waals surface area contributed by atoms with E-state index in [4.69, 9.17) is 14.2 Å². The molecule has 162 valence electrons. The monoisotopic (exact) mass is 432 g/mol. The first-order chi connectivity index (χ1) is 14.5. The van der Waals surface area contributed by atoms with E-state index in [-0.39, 0.29) is 11.2 Å². The Hall–Kier alpha value is -2.48. The number of hydrogen-bond donors (Lipinski definition) is 0. The zero-order valence-corrected chi connectivity index (χ0v) is 18.9. The highest BCUT2D eigenvalue weighted by molar-refractivity contribution is 8.15. The summed E-state index contributed by atoms with van der Waals surface area (Å²) in [6.45, 7) is 6.44. The lowest BCUT2D eigenvalue weighted by molar-refractivity contribution is -0.137. The lowest BCUT2D eigenvalue weighted by Crippen LogP contribution is -2.40. The maximum absolute atomic E-state index is 13.1. The van der Waals surface area contributed by atoms with E-state index in [2.05, 4.69) is 11.9 Å². The standard InChI is InChI=1S/C22H28N2O5S/c1-6-8-11-29-15-10-9-14(12-16(15)27-4)19-18(21(26)28-5)13(3)23-22-24(19)20(25)17(7-2)30-22/h9-10,12,17,19H,6-8,11H2,1-5H3. The fraction of sp³-hybridized carbons (Fsp3) is 0.500. The van der Waals surface area contributed by atoms with E-state index in [0.29, 0.717) is 41.0 Å². The smallest absolute Gasteiger partial charge is 0.338 e. The van der Waals surface area contributed by atoms with E-state index < -0.39 is 12.0 Å². The number of esters is 1. The molecule has 3 rings (SSSR count). The fourth-order valence-corrected chi connectivity index (χ4v) is 4.71. The predicted molar refractivity (Wildman–Crippen MR) is 117 cm³/mol. The molecule has 0 aromatic heterocycles. The molecule has 0 bridgehead atoms. The number of nitrogens with zero attached hydrogens (tertiary/aromatic N) is 2. The molecule has 8 heteroatoms. The van der Waals surface area contributed by atoms with Crippen LogP contribution < -0.4 is 9.47 Å². The summed E-state index contributed by atoms with van der Waals surface area (Å²) < 4.78 is 16.4. The molecule has 1 saturated heterocycles. The number of benzene rings is 1. The molecule has 2 unspecified atom stereocenters. The molecule has 1 aromatic rings. The van der Waals surface area contributed by atoms with Gasteiger partial charge in [0.1, 0.15) is 0 Å². The van der Waals surface area contributed by atoms with Crippen molar-refractivity contribution < 1.29 is 23.8 Å². The molecular formula is C22H28N2O5S. The quantitative estimate of drug-likeness (QED) is 0.455. The normalized spacial score (nSPS) is 20.8. The maximum atomic E-state index is 13.1. The maximum Gasteiger partial charge on any atom is 0.338 e. The average molecular weight is 433 g/mol. The Morgan fingerprint density at radius 2 is 2.00 bits per heavy atom. The summed E-state index contributed by atoms with van der Waals surface area (Å²) in [6.07, 6.45) is 2.66. The van der Waals surface area contributed by atoms with E-state index >= 15 is 0 Å². The Morgan fingerprint density at radius 3 is 2.63 bits per heavy atom. The molecule has 0 radical (unpaired) electrons. The highest BCUT2D eigenvalue weighted by Crippen LogP contribution is 2.45. The van der Waals surface area contributed by atoms with Crippen LogP contribution in [-0.2, 0) is 14.3 Å². The van der Waals surface area contributed by atoms with Gasteiger partial charge in [0.25, 0.3) is 0 Å². The largest absolute Gasteiger partial charge is 0.493 e. The van der Waals surface area contributed by atoms with Crippen LogP contribution in [0.1, 0.15) is 51.6 Å². The van der Waals surface area contributed by atoms with E-state index in [0.717, 1.165) is 18.4 Å². The molecule has 2 heterocycles. The second-order valence-corrected chi connectivity index (χ2v) is 8.29. The first-order valence-electron chi connectivity index (χ1n) is 10.1. The molecular weight excluding hydrogens is 404 g/mol. The van der Waals surface area contributed by atoms with Crippen LogP contribution in [0.4, 0.5) is 0 Å². The van der Waals surface area contributed by atoms with Crippen LogP contribution in [0, 0.1) is 0 Å². The number of ether oxygens (including phenoxy) is 3. The minimum Gasteiger partial charge on any atom is -0.493 e. The van der Waals surface area contributed by atoms with Crippen LogP contribution in [0.3, 0.4) is 0 Å². The van der Waals surface area contributed by atoms with Crippen molar-refractivity contribution in [1.82, 2.24) is 4.90 Å². The van der Waals surface area contributed by atoms with Crippen LogP contribution >= 0.6 is 11.8 Å². The highest BCUT2D eigenvalue weighted by Gasteiger charge is 2.47. The van der Waals surface area contributed by atoms with Crippen molar-refractivity contribution in [3.63, 3.8) is 0 Å². The lowest BCUT2D eigenvalue weighted by atomic mass is 9.94. The minimum absolute atomic E-state index is 0.0533. The number of amidine groups is 1. The number of methoxy groups -OCH3 is 2. The number of fused-ring (bicyclic) bond motifs is 1. The van der Waals surface area contributed by atoms with Crippen molar-refractivity contribution in [2.45, 2.75) is 51.3 Å². The molecule has 1 aromatic carbocycles. The molecule has 1 fully saturated rings. The SMILES string of the molecule is CCCCOc1ccc(C2C(C(=O)OC)=C(C)N=C3SC(CC)C(=O)N32)cc1OC. The second kappa shape index (κ2) is 9.55. The molecule has 2 aliphatic rings. The molecule has 0 spiro atoms. The molecule has 0 aliphatic carbocycles. The van der Waals surface area contributed by atoms with Crippen LogP contribution in [0.25, 0.3) is 0 Å². The van der Waals surface area contributed by atoms with Crippen molar-refractivity contribution >= 4 is 28.8 Å². The van der Waals surface area contributed by atoms with E-state index in [1.165, 1.54) is 18.9 Å². The Balaban J connectivity index is 2.06. The molecule has 2 aliphatic heterocycles. The number of allylic oxidation sites excluding steroid dienone is 1. The van der Waals surface area contributed by atoms with Gasteiger partial charge in [-0.25, -0.2) is 9.79 Å². The van der Waals surface area contributed by atoms with Gasteiger partial charge in [-0.15, -0.1) is 0 Å². The summed E-state index contributed by atoms with van der Waals surface area (Å²) in [6, 6.07) is 4.89. The molecule has 1 amide bonds. The lowest BCUT2D eigenvalue weighted by Gasteiger charge is -2.33. The first kappa shape index (κ1) is 22.2. The van der Waals surface area contributed by atoms with Gasteiger partial charge in [0, 0.05) is 0 Å². The van der Waals surface area contributed by atoms with Gasteiger partial charge in [0.05, 0.1) is 43.4 Å². The van der Waals surface area contributed by atoms with Crippen molar-refractivity contribution in [2.75, 3.05) is 20.8 Å². The van der Waals surface area contributed by atoms with Gasteiger partial charge in [-0.05, 0) is 37.5 Å². The zero-order chi connectivity index (χ0) is 21.8. The van der Waals surface area contributed by atoms with Crippen molar-refractivity contribution in [3.05, 3.63) is 35.0 Å². The number of unbranched alkanes of at least 4 members (excludes halogenated alkanes) is 1. The van der Waals surface area contributed by atoms with Crippen molar-refractivity contribution in [3.8, 4) is 11.5 Å². The number of thioether (sulfide) groups is 1. The number of aliphatic imine (C=N–C) groups is 1. The van der Waals surface area contributed by atoms with E-state index in [9.17, 15) is 9.59 Å². The third-order valence-electron chi connectivity index (χ3n) is 5.19. The topological polar surface area (TPSA) is 77.4 Å². The molecule has 2 atom stereocenters. The highest BCUT2D eigenvalue weighted by atomic mass is 32.2. The van der Waals surface area contributed by atoms with E-state index in [1.54, 1.807) is 18.9 Å². The van der Waals surface area contributed by atoms with Gasteiger partial charge in [-0.2, -0.15) is 0 Å². The Kier molecular flexibility index (Phi) is 7.07. The molecule has 30 heavy (non-hydrogen) atoms. The van der Waals surface area contributed by atoms with Gasteiger partial charge in [-0.3, -0.25) is 9.69 Å². The summed E-state index contributed by atoms with van der Waals surface area (Å²) in [7, 11) is 2.91. The Morgan fingerprint density at radius 1 is 1.23 bits per heavy atom.